The fourth-order valence-corrected chi connectivity index (χ4v) is 4.09. The number of carboxylic acid groups (broad SMARTS) is 2. The van der Waals surface area contributed by atoms with Gasteiger partial charge in [-0.05, 0) is 52.9 Å². The molecule has 9 heteroatoms. The molecule has 1 aliphatic heterocycles. The number of carboxylic acids is 2. The Bertz CT molecular complexity index is 1200. The first-order chi connectivity index (χ1) is 17.1. The number of fused-ring (bicyclic) bond motifs is 2. The maximum Gasteiger partial charge on any atom is 0.490 e. The van der Waals surface area contributed by atoms with Gasteiger partial charge < -0.3 is 14.9 Å². The largest absolute Gasteiger partial charge is 0.493 e. The Morgan fingerprint density at radius 3 is 2.39 bits per heavy atom. The number of halogens is 3. The lowest BCUT2D eigenvalue weighted by Crippen LogP contribution is -2.31. The molecule has 0 radical (unpaired) electrons. The molecule has 0 saturated carbocycles. The summed E-state index contributed by atoms with van der Waals surface area (Å²) in [7, 11) is 0. The molecule has 0 atom stereocenters. The third-order valence-corrected chi connectivity index (χ3v) is 5.87. The topological polar surface area (TPSA) is 87.1 Å². The summed E-state index contributed by atoms with van der Waals surface area (Å²) in [5.41, 5.74) is 3.90. The van der Waals surface area contributed by atoms with Gasteiger partial charge in [0.15, 0.2) is 0 Å². The van der Waals surface area contributed by atoms with Gasteiger partial charge in [0.25, 0.3) is 0 Å². The van der Waals surface area contributed by atoms with E-state index in [0.29, 0.717) is 13.0 Å². The number of rotatable bonds is 8. The molecule has 0 fully saturated rings. The van der Waals surface area contributed by atoms with Crippen LogP contribution in [0.15, 0.2) is 60.7 Å². The molecule has 3 aromatic carbocycles. The summed E-state index contributed by atoms with van der Waals surface area (Å²) in [4.78, 5) is 21.9. The van der Waals surface area contributed by atoms with E-state index in [4.69, 9.17) is 19.7 Å². The van der Waals surface area contributed by atoms with Gasteiger partial charge in [-0.2, -0.15) is 13.2 Å². The Hall–Kier alpha value is -3.59. The molecule has 0 aliphatic carbocycles. The van der Waals surface area contributed by atoms with Crippen molar-refractivity contribution in [3.8, 4) is 5.75 Å². The fourth-order valence-electron chi connectivity index (χ4n) is 4.09. The number of ether oxygens (including phenoxy) is 1. The van der Waals surface area contributed by atoms with Crippen molar-refractivity contribution in [2.24, 2.45) is 0 Å². The maximum absolute atomic E-state index is 10.7. The van der Waals surface area contributed by atoms with Crippen LogP contribution in [0.4, 0.5) is 13.2 Å². The van der Waals surface area contributed by atoms with Crippen molar-refractivity contribution in [2.45, 2.75) is 38.4 Å². The minimum atomic E-state index is -5.08. The maximum atomic E-state index is 10.7. The van der Waals surface area contributed by atoms with Gasteiger partial charge in [-0.15, -0.1) is 0 Å². The molecule has 3 aromatic rings. The molecule has 192 valence electrons. The Morgan fingerprint density at radius 2 is 1.69 bits per heavy atom. The second-order valence-corrected chi connectivity index (χ2v) is 8.50. The summed E-state index contributed by atoms with van der Waals surface area (Å²) in [6.07, 6.45) is -2.31. The molecule has 0 amide bonds. The molecule has 0 bridgehead atoms. The normalized spacial score (nSPS) is 13.4. The highest BCUT2D eigenvalue weighted by Crippen LogP contribution is 2.28. The number of hydrogen-bond acceptors (Lipinski definition) is 4. The van der Waals surface area contributed by atoms with E-state index in [1.807, 2.05) is 0 Å². The molecule has 1 aliphatic rings. The monoisotopic (exact) mass is 503 g/mol. The molecule has 1 heterocycles. The molecule has 0 spiro atoms. The van der Waals surface area contributed by atoms with E-state index in [0.717, 1.165) is 38.2 Å². The molecule has 6 nitrogen and oxygen atoms in total. The van der Waals surface area contributed by atoms with Crippen molar-refractivity contribution in [2.75, 3.05) is 19.7 Å². The zero-order valence-corrected chi connectivity index (χ0v) is 19.6. The van der Waals surface area contributed by atoms with Crippen LogP contribution in [-0.4, -0.2) is 52.9 Å². The van der Waals surface area contributed by atoms with Gasteiger partial charge in [-0.3, -0.25) is 9.69 Å². The van der Waals surface area contributed by atoms with Gasteiger partial charge >= 0.3 is 18.1 Å². The third kappa shape index (κ3) is 7.98. The van der Waals surface area contributed by atoms with Crippen LogP contribution < -0.4 is 4.74 Å². The summed E-state index contributed by atoms with van der Waals surface area (Å²) in [5.74, 6) is -2.48. The molecule has 36 heavy (non-hydrogen) atoms. The molecule has 0 unspecified atom stereocenters. The quantitative estimate of drug-likeness (QED) is 0.433. The Balaban J connectivity index is 0.000000454. The number of hydrogen-bond donors (Lipinski definition) is 2. The lowest BCUT2D eigenvalue weighted by molar-refractivity contribution is -0.192. The van der Waals surface area contributed by atoms with Gasteiger partial charge in [0, 0.05) is 25.9 Å². The Labute approximate surface area is 206 Å². The summed E-state index contributed by atoms with van der Waals surface area (Å²) in [6.45, 7) is 3.32. The third-order valence-electron chi connectivity index (χ3n) is 5.87. The van der Waals surface area contributed by atoms with E-state index < -0.39 is 18.1 Å². The zero-order valence-electron chi connectivity index (χ0n) is 19.6. The predicted molar refractivity (Wildman–Crippen MR) is 129 cm³/mol. The lowest BCUT2D eigenvalue weighted by atomic mass is 9.98. The van der Waals surface area contributed by atoms with Crippen LogP contribution in [0, 0.1) is 0 Å². The van der Waals surface area contributed by atoms with Crippen molar-refractivity contribution in [3.63, 3.8) is 0 Å². The van der Waals surface area contributed by atoms with E-state index in [1.54, 1.807) is 0 Å². The minimum Gasteiger partial charge on any atom is -0.493 e. The second kappa shape index (κ2) is 12.4. The number of nitrogens with zero attached hydrogens (tertiary/aromatic N) is 1. The van der Waals surface area contributed by atoms with E-state index in [2.05, 4.69) is 65.6 Å². The van der Waals surface area contributed by atoms with E-state index in [1.165, 1.54) is 27.5 Å². The number of alkyl halides is 3. The number of aliphatic carboxylic acids is 2. The molecule has 4 rings (SSSR count). The smallest absolute Gasteiger partial charge is 0.490 e. The van der Waals surface area contributed by atoms with Gasteiger partial charge in [-0.1, -0.05) is 54.6 Å². The first-order valence-electron chi connectivity index (χ1n) is 11.6. The summed E-state index contributed by atoms with van der Waals surface area (Å²) < 4.78 is 37.9. The molecule has 0 saturated heterocycles. The summed E-state index contributed by atoms with van der Waals surface area (Å²) in [5, 5.41) is 18.5. The SMILES string of the molecule is O=C(O)C(F)(F)F.O=C(O)CCCN1CCc2c(cccc2OCCc2ccc3ccccc3c2)C1. The van der Waals surface area contributed by atoms with Crippen molar-refractivity contribution in [1.29, 1.82) is 0 Å². The second-order valence-electron chi connectivity index (χ2n) is 8.50. The molecule has 0 aromatic heterocycles. The molecule has 2 N–H and O–H groups in total. The minimum absolute atomic E-state index is 0.237. The Kier molecular flexibility index (Phi) is 9.30. The average molecular weight is 504 g/mol. The van der Waals surface area contributed by atoms with Gasteiger partial charge in [0.05, 0.1) is 6.61 Å². The highest BCUT2D eigenvalue weighted by molar-refractivity contribution is 5.83. The van der Waals surface area contributed by atoms with Crippen LogP contribution in [0.5, 0.6) is 5.75 Å². The van der Waals surface area contributed by atoms with Crippen molar-refractivity contribution >= 4 is 22.7 Å². The number of carbonyl (C=O) groups is 2. The van der Waals surface area contributed by atoms with Crippen LogP contribution in [0.1, 0.15) is 29.5 Å². The van der Waals surface area contributed by atoms with Gasteiger partial charge in [-0.25, -0.2) is 4.79 Å². The van der Waals surface area contributed by atoms with Crippen LogP contribution in [0.3, 0.4) is 0 Å². The van der Waals surface area contributed by atoms with Crippen LogP contribution in [0.2, 0.25) is 0 Å². The zero-order chi connectivity index (χ0) is 26.1. The fraction of sp³-hybridized carbons (Fsp3) is 0.333. The molecular formula is C27H28F3NO5. The summed E-state index contributed by atoms with van der Waals surface area (Å²) in [6, 6.07) is 21.3. The average Bonchev–Trinajstić information content (AvgIpc) is 2.83. The highest BCUT2D eigenvalue weighted by Gasteiger charge is 2.38. The lowest BCUT2D eigenvalue weighted by Gasteiger charge is -2.29. The summed E-state index contributed by atoms with van der Waals surface area (Å²) >= 11 is 0. The van der Waals surface area contributed by atoms with Gasteiger partial charge in [0.1, 0.15) is 5.75 Å². The van der Waals surface area contributed by atoms with Crippen molar-refractivity contribution < 1.29 is 37.7 Å². The first kappa shape index (κ1) is 27.0. The van der Waals surface area contributed by atoms with Crippen LogP contribution in [0.25, 0.3) is 10.8 Å². The standard InChI is InChI=1S/C25H27NO3.C2HF3O2/c27-25(28)9-4-14-26-15-12-23-22(18-26)7-3-8-24(23)29-16-13-19-10-11-20-5-1-2-6-21(20)17-19;3-2(4,5)1(6)7/h1-3,5-8,10-11,17H,4,9,12-16,18H2,(H,27,28);(H,6,7). The van der Waals surface area contributed by atoms with Gasteiger partial charge in [0.2, 0.25) is 0 Å². The molecular weight excluding hydrogens is 475 g/mol. The number of benzene rings is 3. The Morgan fingerprint density at radius 1 is 0.972 bits per heavy atom. The first-order valence-corrected chi connectivity index (χ1v) is 11.6. The van der Waals surface area contributed by atoms with Crippen molar-refractivity contribution in [1.82, 2.24) is 4.90 Å². The highest BCUT2D eigenvalue weighted by atomic mass is 19.4. The van der Waals surface area contributed by atoms with E-state index >= 15 is 0 Å². The van der Waals surface area contributed by atoms with Crippen LogP contribution in [-0.2, 0) is 29.0 Å². The van der Waals surface area contributed by atoms with Crippen molar-refractivity contribution in [3.05, 3.63) is 77.4 Å². The van der Waals surface area contributed by atoms with E-state index in [9.17, 15) is 18.0 Å². The van der Waals surface area contributed by atoms with Crippen LogP contribution >= 0.6 is 0 Å². The van der Waals surface area contributed by atoms with E-state index in [-0.39, 0.29) is 6.42 Å². The predicted octanol–water partition coefficient (Wildman–Crippen LogP) is 5.32.